The Labute approximate surface area is 212 Å². The van der Waals surface area contributed by atoms with Gasteiger partial charge >= 0.3 is 0 Å². The van der Waals surface area contributed by atoms with Gasteiger partial charge in [0.15, 0.2) is 5.78 Å². The van der Waals surface area contributed by atoms with Gasteiger partial charge < -0.3 is 25.1 Å². The minimum Gasteiger partial charge on any atom is -0.439 e. The van der Waals surface area contributed by atoms with Gasteiger partial charge in [0.1, 0.15) is 16.9 Å². The van der Waals surface area contributed by atoms with Crippen LogP contribution < -0.4 is 15.4 Å². The number of hydrogen-bond donors (Lipinski definition) is 3. The molecule has 10 heteroatoms. The molecule has 0 bridgehead atoms. The molecule has 1 aliphatic rings. The highest BCUT2D eigenvalue weighted by Gasteiger charge is 2.42. The van der Waals surface area contributed by atoms with E-state index in [-0.39, 0.29) is 23.3 Å². The van der Waals surface area contributed by atoms with E-state index in [2.05, 4.69) is 25.6 Å². The van der Waals surface area contributed by atoms with E-state index in [1.807, 2.05) is 19.9 Å². The standard InChI is InChI=1S/C26H24ClN5O4/c1-4-26(13-35-3)25(34)31-19-12-30-24-21(22(19)32-26)17(11-29-24)23(33)16-6-5-15(10-18(16)27)36-20-9-14(2)7-8-28-20/h5-12,32H,4,13H2,1-3H3,(H,29,30)(H,31,34). The smallest absolute Gasteiger partial charge is 0.252 e. The summed E-state index contributed by atoms with van der Waals surface area (Å²) < 4.78 is 11.1. The fourth-order valence-corrected chi connectivity index (χ4v) is 4.57. The van der Waals surface area contributed by atoms with Gasteiger partial charge in [0, 0.05) is 37.2 Å². The lowest BCUT2D eigenvalue weighted by Crippen LogP contribution is -2.55. The number of rotatable bonds is 7. The van der Waals surface area contributed by atoms with E-state index in [9.17, 15) is 9.59 Å². The van der Waals surface area contributed by atoms with Crippen molar-refractivity contribution in [1.29, 1.82) is 0 Å². The molecule has 0 fully saturated rings. The lowest BCUT2D eigenvalue weighted by atomic mass is 9.91. The number of nitrogens with zero attached hydrogens (tertiary/aromatic N) is 2. The van der Waals surface area contributed by atoms with E-state index in [0.717, 1.165) is 5.56 Å². The molecule has 1 amide bonds. The highest BCUT2D eigenvalue weighted by molar-refractivity contribution is 6.36. The van der Waals surface area contributed by atoms with Crippen LogP contribution in [0, 0.1) is 6.92 Å². The van der Waals surface area contributed by atoms with Crippen molar-refractivity contribution in [2.75, 3.05) is 24.4 Å². The molecule has 9 nitrogen and oxygen atoms in total. The van der Waals surface area contributed by atoms with Crippen LogP contribution in [0.5, 0.6) is 11.6 Å². The number of ether oxygens (including phenoxy) is 2. The third-order valence-corrected chi connectivity index (χ3v) is 6.60. The molecule has 0 radical (unpaired) electrons. The summed E-state index contributed by atoms with van der Waals surface area (Å²) in [5.74, 6) is 0.382. The fraction of sp³-hybridized carbons (Fsp3) is 0.231. The van der Waals surface area contributed by atoms with Crippen LogP contribution in [0.1, 0.15) is 34.8 Å². The quantitative estimate of drug-likeness (QED) is 0.299. The SMILES string of the molecule is CCC1(COC)Nc2c(cnc3[nH]cc(C(=O)c4ccc(Oc5cc(C)ccn5)cc4Cl)c23)NC1=O. The van der Waals surface area contributed by atoms with Crippen molar-refractivity contribution < 1.29 is 19.1 Å². The minimum absolute atomic E-state index is 0.162. The highest BCUT2D eigenvalue weighted by Crippen LogP contribution is 2.40. The molecule has 4 aromatic rings. The number of aromatic nitrogens is 3. The van der Waals surface area contributed by atoms with Gasteiger partial charge in [0.25, 0.3) is 5.91 Å². The van der Waals surface area contributed by atoms with Crippen LogP contribution in [0.4, 0.5) is 11.4 Å². The number of carbonyl (C=O) groups is 2. The Morgan fingerprint density at radius 3 is 2.72 bits per heavy atom. The van der Waals surface area contributed by atoms with Crippen LogP contribution >= 0.6 is 11.6 Å². The van der Waals surface area contributed by atoms with Crippen LogP contribution in [0.25, 0.3) is 11.0 Å². The Morgan fingerprint density at radius 1 is 1.17 bits per heavy atom. The largest absolute Gasteiger partial charge is 0.439 e. The minimum atomic E-state index is -0.978. The molecule has 1 atom stereocenters. The van der Waals surface area contributed by atoms with Crippen LogP contribution in [0.2, 0.25) is 5.02 Å². The second-order valence-corrected chi connectivity index (χ2v) is 9.07. The third kappa shape index (κ3) is 4.06. The maximum Gasteiger partial charge on any atom is 0.252 e. The number of hydrogen-bond acceptors (Lipinski definition) is 7. The highest BCUT2D eigenvalue weighted by atomic mass is 35.5. The van der Waals surface area contributed by atoms with Gasteiger partial charge in [-0.2, -0.15) is 0 Å². The first-order chi connectivity index (χ1) is 17.3. The van der Waals surface area contributed by atoms with E-state index in [4.69, 9.17) is 21.1 Å². The van der Waals surface area contributed by atoms with Crippen molar-refractivity contribution in [3.8, 4) is 11.6 Å². The summed E-state index contributed by atoms with van der Waals surface area (Å²) in [4.78, 5) is 38.1. The number of anilines is 2. The number of nitrogens with one attached hydrogen (secondary N) is 3. The van der Waals surface area contributed by atoms with E-state index in [1.165, 1.54) is 0 Å². The first-order valence-corrected chi connectivity index (χ1v) is 11.8. The van der Waals surface area contributed by atoms with Crippen molar-refractivity contribution in [2.45, 2.75) is 25.8 Å². The number of pyridine rings is 2. The number of ketones is 1. The topological polar surface area (TPSA) is 118 Å². The maximum absolute atomic E-state index is 13.6. The summed E-state index contributed by atoms with van der Waals surface area (Å²) in [6.07, 6.45) is 5.29. The molecule has 3 aromatic heterocycles. The Bertz CT molecular complexity index is 1500. The van der Waals surface area contributed by atoms with Crippen LogP contribution in [0.3, 0.4) is 0 Å². The van der Waals surface area contributed by atoms with Gasteiger partial charge in [-0.3, -0.25) is 9.59 Å². The van der Waals surface area contributed by atoms with Crippen LogP contribution in [-0.4, -0.2) is 45.9 Å². The predicted molar refractivity (Wildman–Crippen MR) is 137 cm³/mol. The molecular formula is C26H24ClN5O4. The maximum atomic E-state index is 13.6. The van der Waals surface area contributed by atoms with Gasteiger partial charge in [-0.15, -0.1) is 0 Å². The molecule has 184 valence electrons. The summed E-state index contributed by atoms with van der Waals surface area (Å²) in [7, 11) is 1.54. The normalized spacial score (nSPS) is 16.8. The molecular weight excluding hydrogens is 482 g/mol. The van der Waals surface area contributed by atoms with E-state index < -0.39 is 5.54 Å². The summed E-state index contributed by atoms with van der Waals surface area (Å²) in [6.45, 7) is 4.00. The summed E-state index contributed by atoms with van der Waals surface area (Å²) in [5, 5.41) is 7.03. The zero-order chi connectivity index (χ0) is 25.4. The summed E-state index contributed by atoms with van der Waals surface area (Å²) in [6, 6.07) is 8.55. The predicted octanol–water partition coefficient (Wildman–Crippen LogP) is 5.10. The second-order valence-electron chi connectivity index (χ2n) is 8.66. The van der Waals surface area contributed by atoms with Crippen molar-refractivity contribution in [3.05, 3.63) is 70.6 Å². The second kappa shape index (κ2) is 9.25. The average molecular weight is 506 g/mol. The number of fused-ring (bicyclic) bond motifs is 3. The lowest BCUT2D eigenvalue weighted by molar-refractivity contribution is -0.122. The summed E-state index contributed by atoms with van der Waals surface area (Å²) >= 11 is 6.53. The summed E-state index contributed by atoms with van der Waals surface area (Å²) in [5.41, 5.74) is 2.30. The Hall–Kier alpha value is -3.95. The van der Waals surface area contributed by atoms with Crippen molar-refractivity contribution in [2.24, 2.45) is 0 Å². The number of aryl methyl sites for hydroxylation is 1. The fourth-order valence-electron chi connectivity index (χ4n) is 4.31. The van der Waals surface area contributed by atoms with Gasteiger partial charge in [-0.1, -0.05) is 18.5 Å². The monoisotopic (exact) mass is 505 g/mol. The Kier molecular flexibility index (Phi) is 6.11. The first kappa shape index (κ1) is 23.8. The lowest BCUT2D eigenvalue weighted by Gasteiger charge is -2.37. The Morgan fingerprint density at radius 2 is 2.00 bits per heavy atom. The van der Waals surface area contributed by atoms with Crippen LogP contribution in [-0.2, 0) is 9.53 Å². The van der Waals surface area contributed by atoms with E-state index in [0.29, 0.717) is 51.6 Å². The number of benzene rings is 1. The molecule has 1 unspecified atom stereocenters. The molecule has 0 saturated heterocycles. The molecule has 4 heterocycles. The van der Waals surface area contributed by atoms with Crippen molar-refractivity contribution in [1.82, 2.24) is 15.0 Å². The molecule has 1 aromatic carbocycles. The molecule has 0 aliphatic carbocycles. The molecule has 1 aliphatic heterocycles. The molecule has 0 spiro atoms. The molecule has 3 N–H and O–H groups in total. The zero-order valence-electron chi connectivity index (χ0n) is 19.9. The van der Waals surface area contributed by atoms with Crippen molar-refractivity contribution in [3.63, 3.8) is 0 Å². The van der Waals surface area contributed by atoms with Crippen molar-refractivity contribution >= 4 is 45.7 Å². The third-order valence-electron chi connectivity index (χ3n) is 6.29. The van der Waals surface area contributed by atoms with Crippen LogP contribution in [0.15, 0.2) is 48.9 Å². The van der Waals surface area contributed by atoms with E-state index >= 15 is 0 Å². The van der Waals surface area contributed by atoms with Gasteiger partial charge in [-0.25, -0.2) is 9.97 Å². The van der Waals surface area contributed by atoms with Gasteiger partial charge in [0.2, 0.25) is 5.88 Å². The number of halogens is 1. The molecule has 36 heavy (non-hydrogen) atoms. The van der Waals surface area contributed by atoms with Gasteiger partial charge in [-0.05, 0) is 37.1 Å². The number of amides is 1. The number of methoxy groups -OCH3 is 1. The Balaban J connectivity index is 1.52. The molecule has 5 rings (SSSR count). The zero-order valence-corrected chi connectivity index (χ0v) is 20.7. The number of H-pyrrole nitrogens is 1. The average Bonchev–Trinajstić information content (AvgIpc) is 3.29. The van der Waals surface area contributed by atoms with E-state index in [1.54, 1.807) is 50.0 Å². The molecule has 0 saturated carbocycles. The number of carbonyl (C=O) groups excluding carboxylic acids is 2. The van der Waals surface area contributed by atoms with Gasteiger partial charge in [0.05, 0.1) is 40.2 Å². The number of aromatic amines is 1. The first-order valence-electron chi connectivity index (χ1n) is 11.4.